The standard InChI is InChI=1S/C26H22BrN3O5/c1-3-34-25-13-19(7-11-24(25)35-16-18-5-8-21(27)9-6-18)12-20(15-28)26(31)29-23-14-22(30(32)33)10-4-17(23)2/h4-14H,3,16H2,1-2H3,(H,29,31)/b20-12+. The number of amides is 1. The van der Waals surface area contributed by atoms with Crippen molar-refractivity contribution in [1.29, 1.82) is 5.26 Å². The Morgan fingerprint density at radius 2 is 1.86 bits per heavy atom. The molecular formula is C26H22BrN3O5. The maximum Gasteiger partial charge on any atom is 0.271 e. The number of benzene rings is 3. The number of nitrogens with one attached hydrogen (secondary N) is 1. The van der Waals surface area contributed by atoms with Crippen LogP contribution in [0.3, 0.4) is 0 Å². The summed E-state index contributed by atoms with van der Waals surface area (Å²) >= 11 is 3.40. The molecule has 3 aromatic carbocycles. The largest absolute Gasteiger partial charge is 0.490 e. The lowest BCUT2D eigenvalue weighted by Gasteiger charge is -2.13. The van der Waals surface area contributed by atoms with E-state index in [-0.39, 0.29) is 16.9 Å². The summed E-state index contributed by atoms with van der Waals surface area (Å²) < 4.78 is 12.6. The van der Waals surface area contributed by atoms with E-state index in [9.17, 15) is 20.2 Å². The summed E-state index contributed by atoms with van der Waals surface area (Å²) in [6.45, 7) is 4.30. The number of nitro benzene ring substituents is 1. The number of hydrogen-bond acceptors (Lipinski definition) is 6. The molecule has 0 saturated heterocycles. The summed E-state index contributed by atoms with van der Waals surface area (Å²) in [4.78, 5) is 23.2. The Hall–Kier alpha value is -4.16. The number of ether oxygens (including phenoxy) is 2. The maximum atomic E-state index is 12.7. The third-order valence-electron chi connectivity index (χ3n) is 4.93. The molecule has 0 saturated carbocycles. The first-order valence-electron chi connectivity index (χ1n) is 10.6. The lowest BCUT2D eigenvalue weighted by Crippen LogP contribution is -2.14. The van der Waals surface area contributed by atoms with Crippen LogP contribution in [0.25, 0.3) is 6.08 Å². The molecule has 0 spiro atoms. The fourth-order valence-corrected chi connectivity index (χ4v) is 3.37. The molecule has 3 rings (SSSR count). The van der Waals surface area contributed by atoms with E-state index in [1.165, 1.54) is 24.3 Å². The first-order valence-corrected chi connectivity index (χ1v) is 11.4. The highest BCUT2D eigenvalue weighted by molar-refractivity contribution is 9.10. The van der Waals surface area contributed by atoms with Crippen molar-refractivity contribution in [3.63, 3.8) is 0 Å². The first-order chi connectivity index (χ1) is 16.8. The van der Waals surface area contributed by atoms with E-state index in [1.54, 1.807) is 25.1 Å². The number of rotatable bonds is 9. The number of aryl methyl sites for hydroxylation is 1. The number of nitro groups is 1. The molecule has 0 unspecified atom stereocenters. The predicted octanol–water partition coefficient (Wildman–Crippen LogP) is 6.19. The average Bonchev–Trinajstić information content (AvgIpc) is 2.84. The lowest BCUT2D eigenvalue weighted by atomic mass is 10.1. The van der Waals surface area contributed by atoms with Gasteiger partial charge in [-0.2, -0.15) is 5.26 Å². The molecule has 0 aliphatic carbocycles. The first kappa shape index (κ1) is 25.5. The summed E-state index contributed by atoms with van der Waals surface area (Å²) in [5.41, 5.74) is 2.12. The van der Waals surface area contributed by atoms with Crippen LogP contribution in [-0.2, 0) is 11.4 Å². The highest BCUT2D eigenvalue weighted by atomic mass is 79.9. The van der Waals surface area contributed by atoms with Gasteiger partial charge >= 0.3 is 0 Å². The Balaban J connectivity index is 1.80. The zero-order valence-corrected chi connectivity index (χ0v) is 20.7. The van der Waals surface area contributed by atoms with Gasteiger partial charge in [-0.1, -0.05) is 40.2 Å². The van der Waals surface area contributed by atoms with Crippen LogP contribution in [0.15, 0.2) is 70.7 Å². The van der Waals surface area contributed by atoms with Gasteiger partial charge in [-0.05, 0) is 60.9 Å². The Kier molecular flexibility index (Phi) is 8.59. The van der Waals surface area contributed by atoms with Gasteiger partial charge < -0.3 is 14.8 Å². The van der Waals surface area contributed by atoms with Crippen LogP contribution in [0.2, 0.25) is 0 Å². The molecule has 1 amide bonds. The molecule has 178 valence electrons. The van der Waals surface area contributed by atoms with Crippen molar-refractivity contribution in [3.8, 4) is 17.6 Å². The van der Waals surface area contributed by atoms with Crippen LogP contribution in [0.5, 0.6) is 11.5 Å². The van der Waals surface area contributed by atoms with Gasteiger partial charge in [-0.15, -0.1) is 0 Å². The van der Waals surface area contributed by atoms with E-state index < -0.39 is 10.8 Å². The lowest BCUT2D eigenvalue weighted by molar-refractivity contribution is -0.384. The molecule has 0 fully saturated rings. The van der Waals surface area contributed by atoms with Crippen LogP contribution in [0.4, 0.5) is 11.4 Å². The summed E-state index contributed by atoms with van der Waals surface area (Å²) in [6.07, 6.45) is 1.42. The third kappa shape index (κ3) is 6.91. The fraction of sp³-hybridized carbons (Fsp3) is 0.154. The minimum absolute atomic E-state index is 0.159. The van der Waals surface area contributed by atoms with Crippen molar-refractivity contribution in [2.45, 2.75) is 20.5 Å². The number of carbonyl (C=O) groups excluding carboxylic acids is 1. The quantitative estimate of drug-likeness (QED) is 0.151. The van der Waals surface area contributed by atoms with E-state index >= 15 is 0 Å². The maximum absolute atomic E-state index is 12.7. The van der Waals surface area contributed by atoms with Crippen LogP contribution in [0, 0.1) is 28.4 Å². The SMILES string of the molecule is CCOc1cc(/C=C(\C#N)C(=O)Nc2cc([N+](=O)[O-])ccc2C)ccc1OCc1ccc(Br)cc1. The summed E-state index contributed by atoms with van der Waals surface area (Å²) in [5, 5.41) is 23.2. The van der Waals surface area contributed by atoms with Gasteiger partial charge in [0, 0.05) is 16.6 Å². The third-order valence-corrected chi connectivity index (χ3v) is 5.46. The van der Waals surface area contributed by atoms with Gasteiger partial charge in [-0.3, -0.25) is 14.9 Å². The molecule has 1 N–H and O–H groups in total. The fourth-order valence-electron chi connectivity index (χ4n) is 3.11. The molecule has 0 heterocycles. The zero-order valence-electron chi connectivity index (χ0n) is 19.1. The molecule has 35 heavy (non-hydrogen) atoms. The minimum Gasteiger partial charge on any atom is -0.490 e. The average molecular weight is 536 g/mol. The highest BCUT2D eigenvalue weighted by Gasteiger charge is 2.15. The number of non-ortho nitro benzene ring substituents is 1. The Morgan fingerprint density at radius 1 is 1.11 bits per heavy atom. The van der Waals surface area contributed by atoms with Crippen LogP contribution in [0.1, 0.15) is 23.6 Å². The molecule has 3 aromatic rings. The second-order valence-corrected chi connectivity index (χ2v) is 8.35. The van der Waals surface area contributed by atoms with Gasteiger partial charge in [0.1, 0.15) is 18.2 Å². The van der Waals surface area contributed by atoms with Crippen molar-refractivity contribution >= 4 is 39.3 Å². The van der Waals surface area contributed by atoms with Crippen molar-refractivity contribution in [2.75, 3.05) is 11.9 Å². The number of nitriles is 1. The second-order valence-electron chi connectivity index (χ2n) is 7.43. The van der Waals surface area contributed by atoms with E-state index in [2.05, 4.69) is 21.2 Å². The van der Waals surface area contributed by atoms with Crippen molar-refractivity contribution in [1.82, 2.24) is 0 Å². The smallest absolute Gasteiger partial charge is 0.271 e. The monoisotopic (exact) mass is 535 g/mol. The molecular weight excluding hydrogens is 514 g/mol. The number of halogens is 1. The number of nitrogens with zero attached hydrogens (tertiary/aromatic N) is 2. The molecule has 0 aliphatic heterocycles. The van der Waals surface area contributed by atoms with Crippen molar-refractivity contribution in [3.05, 3.63) is 97.5 Å². The van der Waals surface area contributed by atoms with Gasteiger partial charge in [0.15, 0.2) is 11.5 Å². The highest BCUT2D eigenvalue weighted by Crippen LogP contribution is 2.30. The predicted molar refractivity (Wildman–Crippen MR) is 136 cm³/mol. The summed E-state index contributed by atoms with van der Waals surface area (Å²) in [7, 11) is 0. The molecule has 9 heteroatoms. The second kappa shape index (κ2) is 11.8. The summed E-state index contributed by atoms with van der Waals surface area (Å²) in [5.74, 6) is 0.331. The Morgan fingerprint density at radius 3 is 2.51 bits per heavy atom. The van der Waals surface area contributed by atoms with Gasteiger partial charge in [0.2, 0.25) is 0 Å². The van der Waals surface area contributed by atoms with Gasteiger partial charge in [0.25, 0.3) is 11.6 Å². The van der Waals surface area contributed by atoms with Gasteiger partial charge in [0.05, 0.1) is 17.2 Å². The van der Waals surface area contributed by atoms with E-state index in [1.807, 2.05) is 37.3 Å². The molecule has 0 atom stereocenters. The molecule has 8 nitrogen and oxygen atoms in total. The molecule has 0 bridgehead atoms. The van der Waals surface area contributed by atoms with Gasteiger partial charge in [-0.25, -0.2) is 0 Å². The molecule has 0 aromatic heterocycles. The van der Waals surface area contributed by atoms with Crippen molar-refractivity contribution in [2.24, 2.45) is 0 Å². The molecule has 0 aliphatic rings. The zero-order chi connectivity index (χ0) is 25.4. The van der Waals surface area contributed by atoms with E-state index in [0.717, 1.165) is 10.0 Å². The van der Waals surface area contributed by atoms with E-state index in [0.29, 0.717) is 35.8 Å². The number of carbonyl (C=O) groups is 1. The topological polar surface area (TPSA) is 114 Å². The summed E-state index contributed by atoms with van der Waals surface area (Å²) in [6, 6.07) is 18.9. The minimum atomic E-state index is -0.676. The van der Waals surface area contributed by atoms with Crippen molar-refractivity contribution < 1.29 is 19.2 Å². The number of anilines is 1. The number of hydrogen-bond donors (Lipinski definition) is 1. The Labute approximate surface area is 211 Å². The Bertz CT molecular complexity index is 1310. The van der Waals surface area contributed by atoms with Crippen LogP contribution >= 0.6 is 15.9 Å². The van der Waals surface area contributed by atoms with Crippen LogP contribution in [-0.4, -0.2) is 17.4 Å². The van der Waals surface area contributed by atoms with E-state index in [4.69, 9.17) is 9.47 Å². The molecule has 0 radical (unpaired) electrons. The normalized spacial score (nSPS) is 10.9. The van der Waals surface area contributed by atoms with Crippen LogP contribution < -0.4 is 14.8 Å².